The van der Waals surface area contributed by atoms with Crippen LogP contribution in [0.3, 0.4) is 0 Å². The number of nitrogens with zero attached hydrogens (tertiary/aromatic N) is 1. The lowest BCUT2D eigenvalue weighted by molar-refractivity contribution is -0.125. The number of likely N-dealkylation sites (tertiary alicyclic amines) is 1. The van der Waals surface area contributed by atoms with E-state index in [1.54, 1.807) is 0 Å². The molecule has 2 heteroatoms. The van der Waals surface area contributed by atoms with Crippen molar-refractivity contribution < 1.29 is 4.79 Å². The lowest BCUT2D eigenvalue weighted by Gasteiger charge is -2.21. The minimum Gasteiger partial charge on any atom is -0.339 e. The Balaban J connectivity index is 1.97. The molecule has 2 atom stereocenters. The minimum absolute atomic E-state index is 0.102. The van der Waals surface area contributed by atoms with Crippen LogP contribution in [0, 0.1) is 17.3 Å². The van der Waals surface area contributed by atoms with Gasteiger partial charge in [0, 0.05) is 13.1 Å². The summed E-state index contributed by atoms with van der Waals surface area (Å²) in [5.74, 6) is 1.63. The number of hydrogen-bond acceptors (Lipinski definition) is 1. The fraction of sp³-hybridized carbons (Fsp3) is 0.727. The third-order valence-corrected chi connectivity index (χ3v) is 4.15. The summed E-state index contributed by atoms with van der Waals surface area (Å²) in [7, 11) is 0. The zero-order valence-electron chi connectivity index (χ0n) is 8.42. The lowest BCUT2D eigenvalue weighted by atomic mass is 9.99. The van der Waals surface area contributed by atoms with Gasteiger partial charge in [-0.25, -0.2) is 0 Å². The van der Waals surface area contributed by atoms with Gasteiger partial charge in [0.1, 0.15) is 0 Å². The maximum Gasteiger partial charge on any atom is 0.245 e. The molecule has 2 unspecified atom stereocenters. The van der Waals surface area contributed by atoms with Gasteiger partial charge in [0.2, 0.25) is 5.91 Å². The van der Waals surface area contributed by atoms with E-state index in [0.29, 0.717) is 5.41 Å². The Bertz CT molecular complexity index is 247. The number of carbonyl (C=O) groups excluding carboxylic acids is 1. The second-order valence-electron chi connectivity index (χ2n) is 4.52. The Kier molecular flexibility index (Phi) is 1.76. The van der Waals surface area contributed by atoms with Crippen LogP contribution in [0.1, 0.15) is 20.3 Å². The number of carbonyl (C=O) groups is 1. The quantitative estimate of drug-likeness (QED) is 0.590. The highest BCUT2D eigenvalue weighted by Gasteiger charge is 2.64. The van der Waals surface area contributed by atoms with Crippen LogP contribution in [-0.4, -0.2) is 23.9 Å². The van der Waals surface area contributed by atoms with Gasteiger partial charge in [0.25, 0.3) is 0 Å². The van der Waals surface area contributed by atoms with E-state index in [-0.39, 0.29) is 5.91 Å². The lowest BCUT2D eigenvalue weighted by Crippen LogP contribution is -2.31. The first-order valence-corrected chi connectivity index (χ1v) is 5.04. The Labute approximate surface area is 79.6 Å². The molecule has 2 nitrogen and oxygen atoms in total. The third-order valence-electron chi connectivity index (χ3n) is 4.15. The summed E-state index contributed by atoms with van der Waals surface area (Å²) < 4.78 is 0. The van der Waals surface area contributed by atoms with Crippen molar-refractivity contribution in [3.8, 4) is 0 Å². The SMILES string of the molecule is C=CC(=O)N1CC2C(C1)C2(C)CC. The molecule has 72 valence electrons. The van der Waals surface area contributed by atoms with Crippen LogP contribution < -0.4 is 0 Å². The van der Waals surface area contributed by atoms with Gasteiger partial charge < -0.3 is 4.90 Å². The van der Waals surface area contributed by atoms with Crippen molar-refractivity contribution in [3.05, 3.63) is 12.7 Å². The average Bonchev–Trinajstić information content (AvgIpc) is 2.57. The highest BCUT2D eigenvalue weighted by molar-refractivity contribution is 5.87. The van der Waals surface area contributed by atoms with E-state index < -0.39 is 0 Å². The van der Waals surface area contributed by atoms with Gasteiger partial charge in [0.05, 0.1) is 0 Å². The first kappa shape index (κ1) is 8.79. The van der Waals surface area contributed by atoms with E-state index in [1.165, 1.54) is 12.5 Å². The summed E-state index contributed by atoms with van der Waals surface area (Å²) in [5, 5.41) is 0. The van der Waals surface area contributed by atoms with Gasteiger partial charge in [-0.3, -0.25) is 4.79 Å². The second kappa shape index (κ2) is 2.60. The molecule has 2 fully saturated rings. The smallest absolute Gasteiger partial charge is 0.245 e. The van der Waals surface area contributed by atoms with Crippen molar-refractivity contribution in [1.29, 1.82) is 0 Å². The zero-order chi connectivity index (χ0) is 9.64. The van der Waals surface area contributed by atoms with Gasteiger partial charge in [-0.1, -0.05) is 26.8 Å². The van der Waals surface area contributed by atoms with E-state index in [2.05, 4.69) is 20.4 Å². The Hall–Kier alpha value is -0.790. The number of amides is 1. The topological polar surface area (TPSA) is 20.3 Å². The van der Waals surface area contributed by atoms with Gasteiger partial charge in [-0.2, -0.15) is 0 Å². The molecule has 0 aromatic rings. The van der Waals surface area contributed by atoms with Crippen LogP contribution in [0.4, 0.5) is 0 Å². The summed E-state index contributed by atoms with van der Waals surface area (Å²) in [4.78, 5) is 13.2. The third kappa shape index (κ3) is 1.04. The van der Waals surface area contributed by atoms with Crippen LogP contribution in [0.5, 0.6) is 0 Å². The molecule has 13 heavy (non-hydrogen) atoms. The van der Waals surface area contributed by atoms with Crippen molar-refractivity contribution >= 4 is 5.91 Å². The molecule has 0 radical (unpaired) electrons. The van der Waals surface area contributed by atoms with Gasteiger partial charge in [-0.15, -0.1) is 0 Å². The molecule has 1 aliphatic carbocycles. The molecule has 1 amide bonds. The molecular formula is C11H17NO. The predicted molar refractivity (Wildman–Crippen MR) is 52.2 cm³/mol. The molecule has 0 N–H and O–H groups in total. The Morgan fingerprint density at radius 3 is 2.54 bits per heavy atom. The van der Waals surface area contributed by atoms with E-state index in [4.69, 9.17) is 0 Å². The summed E-state index contributed by atoms with van der Waals surface area (Å²) in [6.45, 7) is 10.0. The molecule has 0 spiro atoms. The minimum atomic E-state index is 0.102. The molecule has 2 rings (SSSR count). The molecule has 1 saturated heterocycles. The van der Waals surface area contributed by atoms with Crippen LogP contribution in [-0.2, 0) is 4.79 Å². The van der Waals surface area contributed by atoms with E-state index in [0.717, 1.165) is 24.9 Å². The van der Waals surface area contributed by atoms with Crippen molar-refractivity contribution in [2.24, 2.45) is 17.3 Å². The number of fused-ring (bicyclic) bond motifs is 1. The number of rotatable bonds is 2. The maximum absolute atomic E-state index is 11.3. The average molecular weight is 179 g/mol. The van der Waals surface area contributed by atoms with Gasteiger partial charge in [0.15, 0.2) is 0 Å². The standard InChI is InChI=1S/C11H17NO/c1-4-10(13)12-6-8-9(7-12)11(8,3)5-2/h4,8-9H,1,5-7H2,2-3H3. The molecule has 1 saturated carbocycles. The molecule has 1 aliphatic heterocycles. The van der Waals surface area contributed by atoms with Crippen molar-refractivity contribution in [2.45, 2.75) is 20.3 Å². The van der Waals surface area contributed by atoms with E-state index in [9.17, 15) is 4.79 Å². The van der Waals surface area contributed by atoms with Crippen molar-refractivity contribution in [2.75, 3.05) is 13.1 Å². The Morgan fingerprint density at radius 1 is 1.62 bits per heavy atom. The van der Waals surface area contributed by atoms with Crippen LogP contribution in [0.15, 0.2) is 12.7 Å². The molecule has 0 aromatic carbocycles. The van der Waals surface area contributed by atoms with E-state index >= 15 is 0 Å². The second-order valence-corrected chi connectivity index (χ2v) is 4.52. The largest absolute Gasteiger partial charge is 0.339 e. The van der Waals surface area contributed by atoms with Crippen molar-refractivity contribution in [3.63, 3.8) is 0 Å². The summed E-state index contributed by atoms with van der Waals surface area (Å²) in [6, 6.07) is 0. The predicted octanol–water partition coefficient (Wildman–Crippen LogP) is 1.68. The molecule has 0 aromatic heterocycles. The zero-order valence-corrected chi connectivity index (χ0v) is 8.42. The monoisotopic (exact) mass is 179 g/mol. The molecule has 1 heterocycles. The first-order valence-electron chi connectivity index (χ1n) is 5.04. The molecule has 2 aliphatic rings. The van der Waals surface area contributed by atoms with Crippen LogP contribution in [0.2, 0.25) is 0 Å². The van der Waals surface area contributed by atoms with Gasteiger partial charge >= 0.3 is 0 Å². The first-order chi connectivity index (χ1) is 6.13. The highest BCUT2D eigenvalue weighted by atomic mass is 16.2. The number of piperidine rings is 1. The highest BCUT2D eigenvalue weighted by Crippen LogP contribution is 2.64. The van der Waals surface area contributed by atoms with Crippen LogP contribution in [0.25, 0.3) is 0 Å². The Morgan fingerprint density at radius 2 is 2.15 bits per heavy atom. The van der Waals surface area contributed by atoms with E-state index in [1.807, 2.05) is 4.90 Å². The fourth-order valence-electron chi connectivity index (χ4n) is 2.82. The summed E-state index contributed by atoms with van der Waals surface area (Å²) in [6.07, 6.45) is 2.67. The molecular weight excluding hydrogens is 162 g/mol. The number of hydrogen-bond donors (Lipinski definition) is 0. The normalized spacial score (nSPS) is 41.5. The van der Waals surface area contributed by atoms with Gasteiger partial charge in [-0.05, 0) is 23.3 Å². The fourth-order valence-corrected chi connectivity index (χ4v) is 2.82. The van der Waals surface area contributed by atoms with Crippen molar-refractivity contribution in [1.82, 2.24) is 4.90 Å². The maximum atomic E-state index is 11.3. The summed E-state index contributed by atoms with van der Waals surface area (Å²) in [5.41, 5.74) is 0.540. The van der Waals surface area contributed by atoms with Crippen LogP contribution >= 0.6 is 0 Å². The molecule has 0 bridgehead atoms. The summed E-state index contributed by atoms with van der Waals surface area (Å²) >= 11 is 0.